The van der Waals surface area contributed by atoms with Gasteiger partial charge in [0.05, 0.1) is 11.9 Å². The van der Waals surface area contributed by atoms with Crippen molar-refractivity contribution in [3.05, 3.63) is 71.1 Å². The molecule has 4 nitrogen and oxygen atoms in total. The highest BCUT2D eigenvalue weighted by atomic mass is 16.1. The summed E-state index contributed by atoms with van der Waals surface area (Å²) in [5.74, 6) is 0. The Morgan fingerprint density at radius 2 is 1.62 bits per heavy atom. The predicted molar refractivity (Wildman–Crippen MR) is 83.8 cm³/mol. The van der Waals surface area contributed by atoms with Gasteiger partial charge in [0, 0.05) is 23.3 Å². The molecule has 4 heteroatoms. The summed E-state index contributed by atoms with van der Waals surface area (Å²) in [6.45, 7) is 0. The molecular formula is C17H13N3O. The summed E-state index contributed by atoms with van der Waals surface area (Å²) in [5.41, 5.74) is 2.39. The van der Waals surface area contributed by atoms with Crippen LogP contribution in [-0.4, -0.2) is 14.3 Å². The molecule has 4 aromatic rings. The minimum absolute atomic E-state index is 0.0996. The van der Waals surface area contributed by atoms with E-state index >= 15 is 0 Å². The maximum atomic E-state index is 12.8. The summed E-state index contributed by atoms with van der Waals surface area (Å²) in [6, 6.07) is 17.5. The zero-order chi connectivity index (χ0) is 14.4. The van der Waals surface area contributed by atoms with Crippen LogP contribution < -0.4 is 5.56 Å². The molecule has 0 saturated heterocycles. The SMILES string of the molecule is Cn1c2ccccc2c2cnn(-c3ccccc3)c(=O)c21. The van der Waals surface area contributed by atoms with E-state index < -0.39 is 0 Å². The third-order valence-electron chi connectivity index (χ3n) is 3.84. The van der Waals surface area contributed by atoms with Gasteiger partial charge in [-0.15, -0.1) is 0 Å². The maximum Gasteiger partial charge on any atom is 0.296 e. The van der Waals surface area contributed by atoms with Gasteiger partial charge in [0.15, 0.2) is 0 Å². The van der Waals surface area contributed by atoms with Gasteiger partial charge in [-0.05, 0) is 18.2 Å². The van der Waals surface area contributed by atoms with Gasteiger partial charge in [0.2, 0.25) is 0 Å². The number of hydrogen-bond acceptors (Lipinski definition) is 2. The summed E-state index contributed by atoms with van der Waals surface area (Å²) in [4.78, 5) is 12.8. The van der Waals surface area contributed by atoms with E-state index in [1.807, 2.05) is 66.2 Å². The molecule has 0 radical (unpaired) electrons. The molecule has 2 aromatic heterocycles. The van der Waals surface area contributed by atoms with Gasteiger partial charge in [-0.25, -0.2) is 0 Å². The topological polar surface area (TPSA) is 39.8 Å². The summed E-state index contributed by atoms with van der Waals surface area (Å²) in [5, 5.41) is 6.28. The lowest BCUT2D eigenvalue weighted by molar-refractivity contribution is 0.811. The largest absolute Gasteiger partial charge is 0.339 e. The monoisotopic (exact) mass is 275 g/mol. The molecule has 0 bridgehead atoms. The van der Waals surface area contributed by atoms with Crippen molar-refractivity contribution in [3.8, 4) is 5.69 Å². The second kappa shape index (κ2) is 4.31. The Bertz CT molecular complexity index is 1010. The van der Waals surface area contributed by atoms with E-state index in [2.05, 4.69) is 5.10 Å². The maximum absolute atomic E-state index is 12.8. The molecule has 0 aliphatic carbocycles. The molecular weight excluding hydrogens is 262 g/mol. The van der Waals surface area contributed by atoms with Crippen molar-refractivity contribution >= 4 is 21.8 Å². The normalized spacial score (nSPS) is 11.3. The van der Waals surface area contributed by atoms with E-state index in [4.69, 9.17) is 0 Å². The van der Waals surface area contributed by atoms with Crippen LogP contribution in [-0.2, 0) is 7.05 Å². The zero-order valence-electron chi connectivity index (χ0n) is 11.5. The van der Waals surface area contributed by atoms with E-state index in [1.54, 1.807) is 6.20 Å². The first-order valence-electron chi connectivity index (χ1n) is 6.78. The van der Waals surface area contributed by atoms with Crippen LogP contribution in [0.3, 0.4) is 0 Å². The summed E-state index contributed by atoms with van der Waals surface area (Å²) >= 11 is 0. The third-order valence-corrected chi connectivity index (χ3v) is 3.84. The molecule has 2 aromatic carbocycles. The Morgan fingerprint density at radius 3 is 2.43 bits per heavy atom. The molecule has 0 atom stereocenters. The van der Waals surface area contributed by atoms with Gasteiger partial charge in [0.25, 0.3) is 5.56 Å². The minimum atomic E-state index is -0.0996. The molecule has 0 N–H and O–H groups in total. The molecule has 0 unspecified atom stereocenters. The molecule has 0 fully saturated rings. The number of para-hydroxylation sites is 2. The minimum Gasteiger partial charge on any atom is -0.339 e. The lowest BCUT2D eigenvalue weighted by Crippen LogP contribution is -2.22. The van der Waals surface area contributed by atoms with Crippen molar-refractivity contribution in [3.63, 3.8) is 0 Å². The standard InChI is InChI=1S/C17H13N3O/c1-19-15-10-6-5-9-13(15)14-11-18-20(17(21)16(14)19)12-7-3-2-4-8-12/h2-11H,1H3. The number of rotatable bonds is 1. The quantitative estimate of drug-likeness (QED) is 0.536. The molecule has 0 saturated carbocycles. The molecule has 0 aliphatic rings. The number of benzene rings is 2. The predicted octanol–water partition coefficient (Wildman–Crippen LogP) is 2.88. The van der Waals surface area contributed by atoms with Crippen LogP contribution in [0.5, 0.6) is 0 Å². The van der Waals surface area contributed by atoms with E-state index in [-0.39, 0.29) is 5.56 Å². The van der Waals surface area contributed by atoms with Crippen LogP contribution in [0.4, 0.5) is 0 Å². The van der Waals surface area contributed by atoms with Crippen LogP contribution in [0.15, 0.2) is 65.6 Å². The molecule has 102 valence electrons. The Balaban J connectivity index is 2.15. The van der Waals surface area contributed by atoms with Gasteiger partial charge < -0.3 is 4.57 Å². The van der Waals surface area contributed by atoms with Gasteiger partial charge in [-0.2, -0.15) is 9.78 Å². The molecule has 2 heterocycles. The molecule has 4 rings (SSSR count). The van der Waals surface area contributed by atoms with Crippen LogP contribution in [0.2, 0.25) is 0 Å². The van der Waals surface area contributed by atoms with Crippen molar-refractivity contribution in [1.82, 2.24) is 14.3 Å². The highest BCUT2D eigenvalue weighted by Gasteiger charge is 2.13. The van der Waals surface area contributed by atoms with Crippen LogP contribution in [0, 0.1) is 0 Å². The molecule has 0 aliphatic heterocycles. The average Bonchev–Trinajstić information content (AvgIpc) is 2.83. The van der Waals surface area contributed by atoms with Crippen molar-refractivity contribution < 1.29 is 0 Å². The second-order valence-corrected chi connectivity index (χ2v) is 5.04. The van der Waals surface area contributed by atoms with Crippen LogP contribution >= 0.6 is 0 Å². The Labute approximate surface area is 120 Å². The molecule has 0 amide bonds. The summed E-state index contributed by atoms with van der Waals surface area (Å²) in [7, 11) is 1.92. The third kappa shape index (κ3) is 1.62. The van der Waals surface area contributed by atoms with Crippen molar-refractivity contribution in [1.29, 1.82) is 0 Å². The fourth-order valence-corrected chi connectivity index (χ4v) is 2.83. The van der Waals surface area contributed by atoms with Gasteiger partial charge in [0.1, 0.15) is 5.52 Å². The fourth-order valence-electron chi connectivity index (χ4n) is 2.83. The zero-order valence-corrected chi connectivity index (χ0v) is 11.5. The number of hydrogen-bond donors (Lipinski definition) is 0. The highest BCUT2D eigenvalue weighted by Crippen LogP contribution is 2.25. The van der Waals surface area contributed by atoms with E-state index in [9.17, 15) is 4.79 Å². The van der Waals surface area contributed by atoms with Crippen molar-refractivity contribution in [2.45, 2.75) is 0 Å². The Kier molecular flexibility index (Phi) is 2.44. The number of nitrogens with zero attached hydrogens (tertiary/aromatic N) is 3. The van der Waals surface area contributed by atoms with Gasteiger partial charge >= 0.3 is 0 Å². The smallest absolute Gasteiger partial charge is 0.296 e. The molecule has 0 spiro atoms. The van der Waals surface area contributed by atoms with E-state index in [0.29, 0.717) is 5.52 Å². The van der Waals surface area contributed by atoms with Crippen LogP contribution in [0.25, 0.3) is 27.5 Å². The number of aromatic nitrogens is 3. The first-order valence-corrected chi connectivity index (χ1v) is 6.78. The second-order valence-electron chi connectivity index (χ2n) is 5.04. The van der Waals surface area contributed by atoms with Gasteiger partial charge in [-0.3, -0.25) is 4.79 Å². The Hall–Kier alpha value is -2.88. The van der Waals surface area contributed by atoms with Gasteiger partial charge in [-0.1, -0.05) is 36.4 Å². The number of fused-ring (bicyclic) bond motifs is 3. The lowest BCUT2D eigenvalue weighted by atomic mass is 10.2. The lowest BCUT2D eigenvalue weighted by Gasteiger charge is -2.04. The fraction of sp³-hybridized carbons (Fsp3) is 0.0588. The highest BCUT2D eigenvalue weighted by molar-refractivity contribution is 6.07. The van der Waals surface area contributed by atoms with Crippen LogP contribution in [0.1, 0.15) is 0 Å². The van der Waals surface area contributed by atoms with Crippen molar-refractivity contribution in [2.24, 2.45) is 7.05 Å². The number of aryl methyl sites for hydroxylation is 1. The average molecular weight is 275 g/mol. The summed E-state index contributed by atoms with van der Waals surface area (Å²) in [6.07, 6.45) is 1.77. The van der Waals surface area contributed by atoms with E-state index in [0.717, 1.165) is 22.0 Å². The first-order chi connectivity index (χ1) is 10.3. The summed E-state index contributed by atoms with van der Waals surface area (Å²) < 4.78 is 3.38. The Morgan fingerprint density at radius 1 is 0.905 bits per heavy atom. The van der Waals surface area contributed by atoms with Crippen molar-refractivity contribution in [2.75, 3.05) is 0 Å². The van der Waals surface area contributed by atoms with E-state index in [1.165, 1.54) is 4.68 Å². The molecule has 21 heavy (non-hydrogen) atoms. The first kappa shape index (κ1) is 11.9.